The van der Waals surface area contributed by atoms with Gasteiger partial charge in [0.15, 0.2) is 0 Å². The topological polar surface area (TPSA) is 87.7 Å². The van der Waals surface area contributed by atoms with Gasteiger partial charge in [0.2, 0.25) is 5.91 Å². The van der Waals surface area contributed by atoms with E-state index in [9.17, 15) is 14.4 Å². The van der Waals surface area contributed by atoms with Crippen molar-refractivity contribution in [1.29, 1.82) is 0 Å². The first-order valence-electron chi connectivity index (χ1n) is 11.7. The summed E-state index contributed by atoms with van der Waals surface area (Å²) in [6.07, 6.45) is -0.685. The molecular formula is C28H33N3O4. The van der Waals surface area contributed by atoms with E-state index in [0.717, 1.165) is 21.9 Å². The number of hydrogen-bond acceptors (Lipinski definition) is 4. The molecule has 3 aromatic rings. The van der Waals surface area contributed by atoms with Crippen molar-refractivity contribution >= 4 is 34.4 Å². The molecule has 0 spiro atoms. The summed E-state index contributed by atoms with van der Waals surface area (Å²) in [7, 11) is 0. The number of rotatable bonds is 7. The summed E-state index contributed by atoms with van der Waals surface area (Å²) < 4.78 is 5.23. The van der Waals surface area contributed by atoms with Gasteiger partial charge in [-0.3, -0.25) is 9.59 Å². The maximum Gasteiger partial charge on any atom is 0.408 e. The Kier molecular flexibility index (Phi) is 8.12. The van der Waals surface area contributed by atoms with E-state index in [-0.39, 0.29) is 24.9 Å². The van der Waals surface area contributed by atoms with E-state index in [4.69, 9.17) is 4.74 Å². The number of alkyl carbamates (subject to hydrolysis) is 1. The van der Waals surface area contributed by atoms with Crippen LogP contribution in [0.15, 0.2) is 66.7 Å². The summed E-state index contributed by atoms with van der Waals surface area (Å²) in [5.41, 5.74) is 1.57. The van der Waals surface area contributed by atoms with Crippen LogP contribution in [0.1, 0.15) is 44.9 Å². The predicted octanol–water partition coefficient (Wildman–Crippen LogP) is 5.20. The van der Waals surface area contributed by atoms with Crippen LogP contribution in [0.25, 0.3) is 10.8 Å². The monoisotopic (exact) mass is 475 g/mol. The van der Waals surface area contributed by atoms with Crippen molar-refractivity contribution in [3.05, 3.63) is 77.9 Å². The van der Waals surface area contributed by atoms with E-state index in [1.165, 1.54) is 4.90 Å². The highest BCUT2D eigenvalue weighted by atomic mass is 16.6. The Bertz CT molecular complexity index is 1220. The predicted molar refractivity (Wildman–Crippen MR) is 138 cm³/mol. The van der Waals surface area contributed by atoms with Crippen LogP contribution < -0.4 is 10.6 Å². The van der Waals surface area contributed by atoms with Gasteiger partial charge in [0, 0.05) is 12.2 Å². The van der Waals surface area contributed by atoms with E-state index in [0.29, 0.717) is 5.69 Å². The largest absolute Gasteiger partial charge is 0.444 e. The number of nitrogens with zero attached hydrogens (tertiary/aromatic N) is 1. The third-order valence-electron chi connectivity index (χ3n) is 5.50. The molecule has 3 rings (SSSR count). The summed E-state index contributed by atoms with van der Waals surface area (Å²) in [5.74, 6) is -0.720. The van der Waals surface area contributed by atoms with Crippen LogP contribution in [-0.4, -0.2) is 41.5 Å². The first-order chi connectivity index (χ1) is 16.6. The van der Waals surface area contributed by atoms with Crippen molar-refractivity contribution < 1.29 is 19.1 Å². The molecule has 7 nitrogen and oxygen atoms in total. The fraction of sp³-hybridized carbons (Fsp3) is 0.321. The van der Waals surface area contributed by atoms with Crippen molar-refractivity contribution in [3.63, 3.8) is 0 Å². The Morgan fingerprint density at radius 3 is 2.26 bits per heavy atom. The number of nitrogens with one attached hydrogen (secondary N) is 2. The maximum atomic E-state index is 13.6. The lowest BCUT2D eigenvalue weighted by Crippen LogP contribution is -2.46. The number of anilines is 1. The number of aryl methyl sites for hydroxylation is 1. The minimum Gasteiger partial charge on any atom is -0.444 e. The molecule has 0 aliphatic heterocycles. The normalized spacial score (nSPS) is 12.0. The molecule has 0 heterocycles. The second-order valence-electron chi connectivity index (χ2n) is 9.35. The molecule has 0 saturated heterocycles. The van der Waals surface area contributed by atoms with Gasteiger partial charge in [-0.2, -0.15) is 0 Å². The average Bonchev–Trinajstić information content (AvgIpc) is 2.80. The molecular weight excluding hydrogens is 442 g/mol. The zero-order chi connectivity index (χ0) is 25.6. The Labute approximate surface area is 206 Å². The summed E-state index contributed by atoms with van der Waals surface area (Å²) >= 11 is 0. The molecule has 35 heavy (non-hydrogen) atoms. The second kappa shape index (κ2) is 11.0. The van der Waals surface area contributed by atoms with Crippen molar-refractivity contribution in [2.45, 2.75) is 46.3 Å². The molecule has 0 radical (unpaired) electrons. The van der Waals surface area contributed by atoms with E-state index in [1.807, 2.05) is 73.7 Å². The van der Waals surface area contributed by atoms with E-state index in [1.54, 1.807) is 27.7 Å². The van der Waals surface area contributed by atoms with Gasteiger partial charge in [-0.05, 0) is 68.7 Å². The second-order valence-corrected chi connectivity index (χ2v) is 9.35. The standard InChI is InChI=1S/C28H33N3O4/c1-6-31(24(32)18-29-27(34)35-28(3,4)5)25(23-14-10-7-11-19(23)2)26(33)30-22-16-15-20-12-8-9-13-21(20)17-22/h7-17,25H,6,18H2,1-5H3,(H,29,34)(H,30,33). The van der Waals surface area contributed by atoms with Crippen LogP contribution >= 0.6 is 0 Å². The molecule has 0 aliphatic carbocycles. The van der Waals surface area contributed by atoms with E-state index >= 15 is 0 Å². The Hall–Kier alpha value is -3.87. The van der Waals surface area contributed by atoms with Crippen molar-refractivity contribution in [2.75, 3.05) is 18.4 Å². The molecule has 1 unspecified atom stereocenters. The van der Waals surface area contributed by atoms with Crippen LogP contribution in [0, 0.1) is 6.92 Å². The van der Waals surface area contributed by atoms with E-state index in [2.05, 4.69) is 10.6 Å². The van der Waals surface area contributed by atoms with Gasteiger partial charge in [0.05, 0.1) is 0 Å². The average molecular weight is 476 g/mol. The van der Waals surface area contributed by atoms with Gasteiger partial charge in [-0.15, -0.1) is 0 Å². The molecule has 3 amide bonds. The zero-order valence-electron chi connectivity index (χ0n) is 20.9. The van der Waals surface area contributed by atoms with E-state index < -0.39 is 17.7 Å². The van der Waals surface area contributed by atoms with Gasteiger partial charge in [0.25, 0.3) is 5.91 Å². The molecule has 0 aliphatic rings. The molecule has 2 N–H and O–H groups in total. The highest BCUT2D eigenvalue weighted by Gasteiger charge is 2.32. The number of amides is 3. The lowest BCUT2D eigenvalue weighted by atomic mass is 9.98. The lowest BCUT2D eigenvalue weighted by Gasteiger charge is -2.31. The molecule has 1 atom stereocenters. The van der Waals surface area contributed by atoms with Crippen LogP contribution in [0.2, 0.25) is 0 Å². The van der Waals surface area contributed by atoms with Gasteiger partial charge in [-0.1, -0.05) is 54.6 Å². The summed E-state index contributed by atoms with van der Waals surface area (Å²) in [6, 6.07) is 20.2. The van der Waals surface area contributed by atoms with Crippen molar-refractivity contribution in [1.82, 2.24) is 10.2 Å². The number of ether oxygens (including phenoxy) is 1. The fourth-order valence-corrected chi connectivity index (χ4v) is 3.89. The van der Waals surface area contributed by atoms with Crippen LogP contribution in [-0.2, 0) is 14.3 Å². The SMILES string of the molecule is CCN(C(=O)CNC(=O)OC(C)(C)C)C(C(=O)Nc1ccc2ccccc2c1)c1ccccc1C. The fourth-order valence-electron chi connectivity index (χ4n) is 3.89. The minimum absolute atomic E-state index is 0.277. The number of hydrogen-bond donors (Lipinski definition) is 2. The molecule has 7 heteroatoms. The number of likely N-dealkylation sites (N-methyl/N-ethyl adjacent to an activating group) is 1. The quantitative estimate of drug-likeness (QED) is 0.492. The van der Waals surface area contributed by atoms with Crippen molar-refractivity contribution in [2.24, 2.45) is 0 Å². The Balaban J connectivity index is 1.86. The number of fused-ring (bicyclic) bond motifs is 1. The third-order valence-corrected chi connectivity index (χ3v) is 5.50. The van der Waals surface area contributed by atoms with Crippen LogP contribution in [0.4, 0.5) is 10.5 Å². The highest BCUT2D eigenvalue weighted by Crippen LogP contribution is 2.27. The Morgan fingerprint density at radius 1 is 0.943 bits per heavy atom. The smallest absolute Gasteiger partial charge is 0.408 e. The van der Waals surface area contributed by atoms with Crippen LogP contribution in [0.3, 0.4) is 0 Å². The molecule has 0 aromatic heterocycles. The van der Waals surface area contributed by atoms with Gasteiger partial charge in [0.1, 0.15) is 18.2 Å². The van der Waals surface area contributed by atoms with Gasteiger partial charge < -0.3 is 20.3 Å². The van der Waals surface area contributed by atoms with Crippen molar-refractivity contribution in [3.8, 4) is 0 Å². The molecule has 3 aromatic carbocycles. The maximum absolute atomic E-state index is 13.6. The molecule has 0 fully saturated rings. The molecule has 0 bridgehead atoms. The lowest BCUT2D eigenvalue weighted by molar-refractivity contribution is -0.138. The van der Waals surface area contributed by atoms with Gasteiger partial charge in [-0.25, -0.2) is 4.79 Å². The number of benzene rings is 3. The zero-order valence-corrected chi connectivity index (χ0v) is 20.9. The highest BCUT2D eigenvalue weighted by molar-refractivity contribution is 6.00. The molecule has 184 valence electrons. The number of carbonyl (C=O) groups is 3. The summed E-state index contributed by atoms with van der Waals surface area (Å²) in [6.45, 7) is 8.95. The molecule has 0 saturated carbocycles. The third kappa shape index (κ3) is 6.82. The first kappa shape index (κ1) is 25.7. The first-order valence-corrected chi connectivity index (χ1v) is 11.7. The minimum atomic E-state index is -0.874. The van der Waals surface area contributed by atoms with Crippen LogP contribution in [0.5, 0.6) is 0 Å². The summed E-state index contributed by atoms with van der Waals surface area (Å²) in [4.78, 5) is 40.3. The number of carbonyl (C=O) groups excluding carboxylic acids is 3. The summed E-state index contributed by atoms with van der Waals surface area (Å²) in [5, 5.41) is 7.55. The Morgan fingerprint density at radius 2 is 1.60 bits per heavy atom. The van der Waals surface area contributed by atoms with Gasteiger partial charge >= 0.3 is 6.09 Å².